The molecule has 136 valence electrons. The maximum Gasteiger partial charge on any atom is 0.317 e. The van der Waals surface area contributed by atoms with E-state index in [9.17, 15) is 9.59 Å². The number of hydrogen-bond donors (Lipinski definition) is 1. The third-order valence-corrected chi connectivity index (χ3v) is 4.74. The molecule has 1 saturated heterocycles. The van der Waals surface area contributed by atoms with Crippen LogP contribution < -0.4 is 10.2 Å². The van der Waals surface area contributed by atoms with Gasteiger partial charge in [-0.15, -0.1) is 0 Å². The van der Waals surface area contributed by atoms with Crippen molar-refractivity contribution in [2.24, 2.45) is 0 Å². The van der Waals surface area contributed by atoms with Gasteiger partial charge in [0.1, 0.15) is 0 Å². The molecular weight excluding hydrogens is 326 g/mol. The Labute approximate surface area is 154 Å². The van der Waals surface area contributed by atoms with Crippen LogP contribution in [0.2, 0.25) is 0 Å². The summed E-state index contributed by atoms with van der Waals surface area (Å²) < 4.78 is 0. The molecule has 1 fully saturated rings. The van der Waals surface area contributed by atoms with Gasteiger partial charge >= 0.3 is 6.03 Å². The smallest absolute Gasteiger partial charge is 0.317 e. The Morgan fingerprint density at radius 1 is 0.923 bits per heavy atom. The average molecular weight is 351 g/mol. The van der Waals surface area contributed by atoms with Gasteiger partial charge in [0.05, 0.1) is 0 Å². The van der Waals surface area contributed by atoms with E-state index in [0.717, 1.165) is 30.8 Å². The van der Waals surface area contributed by atoms with Crippen LogP contribution in [0, 0.1) is 0 Å². The van der Waals surface area contributed by atoms with Gasteiger partial charge in [0.2, 0.25) is 0 Å². The van der Waals surface area contributed by atoms with Gasteiger partial charge in [-0.2, -0.15) is 0 Å². The maximum absolute atomic E-state index is 12.3. The summed E-state index contributed by atoms with van der Waals surface area (Å²) in [5, 5.41) is 3.01. The summed E-state index contributed by atoms with van der Waals surface area (Å²) in [5.74, 6) is 0.0774. The number of benzene rings is 2. The molecule has 1 aliphatic heterocycles. The molecule has 0 saturated carbocycles. The van der Waals surface area contributed by atoms with E-state index < -0.39 is 0 Å². The van der Waals surface area contributed by atoms with Crippen LogP contribution in [0.3, 0.4) is 0 Å². The Bertz CT molecular complexity index is 736. The van der Waals surface area contributed by atoms with Crippen molar-refractivity contribution in [3.63, 3.8) is 0 Å². The Kier molecular flexibility index (Phi) is 5.89. The largest absolute Gasteiger partial charge is 0.368 e. The fraction of sp³-hybridized carbons (Fsp3) is 0.333. The summed E-state index contributed by atoms with van der Waals surface area (Å²) in [7, 11) is 0. The van der Waals surface area contributed by atoms with Crippen molar-refractivity contribution >= 4 is 17.5 Å². The van der Waals surface area contributed by atoms with Crippen LogP contribution in [0.5, 0.6) is 0 Å². The van der Waals surface area contributed by atoms with Gasteiger partial charge in [0.15, 0.2) is 5.78 Å². The van der Waals surface area contributed by atoms with Crippen molar-refractivity contribution in [1.29, 1.82) is 0 Å². The molecule has 5 nitrogen and oxygen atoms in total. The number of carbonyl (C=O) groups is 2. The summed E-state index contributed by atoms with van der Waals surface area (Å²) >= 11 is 0. The number of rotatable bonds is 5. The number of ketones is 1. The molecule has 0 spiro atoms. The van der Waals surface area contributed by atoms with Crippen LogP contribution in [0.15, 0.2) is 54.6 Å². The van der Waals surface area contributed by atoms with Gasteiger partial charge in [0.25, 0.3) is 0 Å². The van der Waals surface area contributed by atoms with E-state index >= 15 is 0 Å². The maximum atomic E-state index is 12.3. The van der Waals surface area contributed by atoms with E-state index in [-0.39, 0.29) is 11.8 Å². The molecule has 0 bridgehead atoms. The molecule has 0 aliphatic carbocycles. The lowest BCUT2D eigenvalue weighted by atomic mass is 10.1. The molecule has 0 atom stereocenters. The van der Waals surface area contributed by atoms with Gasteiger partial charge < -0.3 is 15.1 Å². The molecule has 0 aromatic heterocycles. The lowest BCUT2D eigenvalue weighted by molar-refractivity contribution is 0.101. The summed E-state index contributed by atoms with van der Waals surface area (Å²) in [6, 6.07) is 17.9. The molecule has 2 amide bonds. The van der Waals surface area contributed by atoms with Crippen LogP contribution in [0.1, 0.15) is 22.8 Å². The summed E-state index contributed by atoms with van der Waals surface area (Å²) in [6.45, 7) is 5.22. The first-order valence-electron chi connectivity index (χ1n) is 9.06. The number of nitrogens with zero attached hydrogens (tertiary/aromatic N) is 2. The van der Waals surface area contributed by atoms with Crippen molar-refractivity contribution in [3.8, 4) is 0 Å². The van der Waals surface area contributed by atoms with E-state index in [1.54, 1.807) is 6.92 Å². The summed E-state index contributed by atoms with van der Waals surface area (Å²) in [5.41, 5.74) is 3.05. The number of Topliss-reactive ketones (excluding diaryl/α,β-unsaturated/α-hetero) is 1. The van der Waals surface area contributed by atoms with Gasteiger partial charge in [-0.25, -0.2) is 4.79 Å². The minimum absolute atomic E-state index is 0.00695. The average Bonchev–Trinajstić information content (AvgIpc) is 2.69. The highest BCUT2D eigenvalue weighted by molar-refractivity contribution is 5.94. The van der Waals surface area contributed by atoms with Crippen molar-refractivity contribution in [1.82, 2.24) is 10.2 Å². The Morgan fingerprint density at radius 3 is 2.19 bits per heavy atom. The fourth-order valence-corrected chi connectivity index (χ4v) is 3.14. The molecule has 1 aliphatic rings. The molecule has 2 aromatic rings. The van der Waals surface area contributed by atoms with Crippen LogP contribution in [-0.4, -0.2) is 49.4 Å². The monoisotopic (exact) mass is 351 g/mol. The van der Waals surface area contributed by atoms with E-state index in [4.69, 9.17) is 0 Å². The minimum atomic E-state index is 0.00695. The van der Waals surface area contributed by atoms with Crippen molar-refractivity contribution < 1.29 is 9.59 Å². The zero-order chi connectivity index (χ0) is 18.4. The van der Waals surface area contributed by atoms with Crippen molar-refractivity contribution in [2.75, 3.05) is 37.6 Å². The summed E-state index contributed by atoms with van der Waals surface area (Å²) in [6.07, 6.45) is 0.842. The fourth-order valence-electron chi connectivity index (χ4n) is 3.14. The van der Waals surface area contributed by atoms with Gasteiger partial charge in [0, 0.05) is 44.0 Å². The molecule has 3 rings (SSSR count). The number of nitrogens with one attached hydrogen (secondary N) is 1. The molecule has 0 unspecified atom stereocenters. The predicted octanol–water partition coefficient (Wildman–Crippen LogP) is 2.96. The molecular formula is C21H25N3O2. The molecule has 0 radical (unpaired) electrons. The second kappa shape index (κ2) is 8.52. The van der Waals surface area contributed by atoms with E-state index in [1.807, 2.05) is 47.4 Å². The van der Waals surface area contributed by atoms with Gasteiger partial charge in [-0.1, -0.05) is 30.3 Å². The van der Waals surface area contributed by atoms with Crippen molar-refractivity contribution in [2.45, 2.75) is 13.3 Å². The van der Waals surface area contributed by atoms with E-state index in [0.29, 0.717) is 19.6 Å². The van der Waals surface area contributed by atoms with E-state index in [1.165, 1.54) is 5.56 Å². The van der Waals surface area contributed by atoms with Gasteiger partial charge in [-0.3, -0.25) is 4.79 Å². The number of hydrogen-bond acceptors (Lipinski definition) is 3. The molecule has 1 heterocycles. The van der Waals surface area contributed by atoms with Crippen molar-refractivity contribution in [3.05, 3.63) is 65.7 Å². The van der Waals surface area contributed by atoms with Gasteiger partial charge in [-0.05, 0) is 43.2 Å². The lowest BCUT2D eigenvalue weighted by Gasteiger charge is -2.36. The van der Waals surface area contributed by atoms with Crippen LogP contribution in [0.4, 0.5) is 10.5 Å². The zero-order valence-electron chi connectivity index (χ0n) is 15.1. The molecule has 5 heteroatoms. The number of anilines is 1. The summed E-state index contributed by atoms with van der Waals surface area (Å²) in [4.78, 5) is 27.8. The number of carbonyl (C=O) groups excluding carboxylic acids is 2. The number of urea groups is 1. The standard InChI is InChI=1S/C21H25N3O2/c1-17(25)19-7-9-20(10-8-19)23-13-15-24(16-14-23)21(26)22-12-11-18-5-3-2-4-6-18/h2-10H,11-16H2,1H3,(H,22,26). The first-order chi connectivity index (χ1) is 12.6. The minimum Gasteiger partial charge on any atom is -0.368 e. The second-order valence-electron chi connectivity index (χ2n) is 6.54. The lowest BCUT2D eigenvalue weighted by Crippen LogP contribution is -2.52. The van der Waals surface area contributed by atoms with E-state index in [2.05, 4.69) is 22.3 Å². The Balaban J connectivity index is 1.44. The Hall–Kier alpha value is -2.82. The topological polar surface area (TPSA) is 52.7 Å². The predicted molar refractivity (Wildman–Crippen MR) is 104 cm³/mol. The highest BCUT2D eigenvalue weighted by atomic mass is 16.2. The highest BCUT2D eigenvalue weighted by Gasteiger charge is 2.21. The second-order valence-corrected chi connectivity index (χ2v) is 6.54. The molecule has 26 heavy (non-hydrogen) atoms. The normalized spacial score (nSPS) is 14.2. The molecule has 2 aromatic carbocycles. The third-order valence-electron chi connectivity index (χ3n) is 4.74. The molecule has 1 N–H and O–H groups in total. The third kappa shape index (κ3) is 4.63. The van der Waals surface area contributed by atoms with Crippen LogP contribution in [0.25, 0.3) is 0 Å². The number of piperazine rings is 1. The SMILES string of the molecule is CC(=O)c1ccc(N2CCN(C(=O)NCCc3ccccc3)CC2)cc1. The first-order valence-corrected chi connectivity index (χ1v) is 9.06. The quantitative estimate of drug-likeness (QED) is 0.843. The van der Waals surface area contributed by atoms with Crippen LogP contribution >= 0.6 is 0 Å². The Morgan fingerprint density at radius 2 is 1.58 bits per heavy atom. The first kappa shape index (κ1) is 18.0. The van der Waals surface area contributed by atoms with Crippen LogP contribution in [-0.2, 0) is 6.42 Å². The number of amides is 2. The zero-order valence-corrected chi connectivity index (χ0v) is 15.1. The highest BCUT2D eigenvalue weighted by Crippen LogP contribution is 2.17.